The molecule has 0 fully saturated rings. The molecule has 0 saturated heterocycles. The average molecular weight is 374 g/mol. The van der Waals surface area contributed by atoms with Gasteiger partial charge in [-0.2, -0.15) is 5.10 Å². The lowest BCUT2D eigenvalue weighted by Crippen LogP contribution is -1.99. The lowest BCUT2D eigenvalue weighted by Gasteiger charge is -2.06. The molecule has 0 aliphatic rings. The number of hydrogen-bond donors (Lipinski definition) is 2. The minimum Gasteiger partial charge on any atom is -0.494 e. The highest BCUT2D eigenvalue weighted by molar-refractivity contribution is 5.88. The summed E-state index contributed by atoms with van der Waals surface area (Å²) in [6, 6.07) is 24.5. The standard InChI is InChI=1S/C23H22N2O3/c26-23(27)20-10-12-21(13-11-20)25-24-17-19-8-14-22(15-9-19)28-16-4-7-18-5-2-1-3-6-18/h1-3,5-6,8-15,17,25H,4,7,16H2,(H,26,27). The second-order valence-electron chi connectivity index (χ2n) is 6.26. The van der Waals surface area contributed by atoms with Gasteiger partial charge < -0.3 is 9.84 Å². The van der Waals surface area contributed by atoms with E-state index in [2.05, 4.69) is 34.8 Å². The molecule has 142 valence electrons. The fourth-order valence-electron chi connectivity index (χ4n) is 2.63. The number of ether oxygens (including phenoxy) is 1. The van der Waals surface area contributed by atoms with E-state index in [9.17, 15) is 4.79 Å². The highest BCUT2D eigenvalue weighted by Gasteiger charge is 2.00. The van der Waals surface area contributed by atoms with Crippen molar-refractivity contribution in [2.45, 2.75) is 12.8 Å². The molecule has 0 saturated carbocycles. The SMILES string of the molecule is O=C(O)c1ccc(NN=Cc2ccc(OCCCc3ccccc3)cc2)cc1. The lowest BCUT2D eigenvalue weighted by atomic mass is 10.1. The van der Waals surface area contributed by atoms with Crippen LogP contribution in [0.25, 0.3) is 0 Å². The summed E-state index contributed by atoms with van der Waals surface area (Å²) in [5, 5.41) is 13.0. The molecule has 0 aliphatic heterocycles. The summed E-state index contributed by atoms with van der Waals surface area (Å²) in [7, 11) is 0. The number of aryl methyl sites for hydroxylation is 1. The number of hydrazone groups is 1. The second-order valence-corrected chi connectivity index (χ2v) is 6.26. The minimum absolute atomic E-state index is 0.244. The Morgan fingerprint density at radius 3 is 2.36 bits per heavy atom. The molecule has 0 bridgehead atoms. The Labute approximate surface area is 164 Å². The van der Waals surface area contributed by atoms with Gasteiger partial charge in [0.2, 0.25) is 0 Å². The van der Waals surface area contributed by atoms with Gasteiger partial charge in [0.15, 0.2) is 0 Å². The summed E-state index contributed by atoms with van der Waals surface area (Å²) in [6.07, 6.45) is 3.67. The van der Waals surface area contributed by atoms with Gasteiger partial charge in [0.1, 0.15) is 5.75 Å². The molecule has 0 radical (unpaired) electrons. The predicted octanol–water partition coefficient (Wildman–Crippen LogP) is 4.84. The Hall–Kier alpha value is -3.60. The molecule has 0 aromatic heterocycles. The maximum Gasteiger partial charge on any atom is 0.335 e. The first-order valence-electron chi connectivity index (χ1n) is 9.10. The van der Waals surface area contributed by atoms with Crippen molar-refractivity contribution in [1.29, 1.82) is 0 Å². The number of rotatable bonds is 9. The highest BCUT2D eigenvalue weighted by Crippen LogP contribution is 2.13. The molecule has 0 atom stereocenters. The maximum absolute atomic E-state index is 10.8. The molecule has 28 heavy (non-hydrogen) atoms. The van der Waals surface area contributed by atoms with Crippen molar-refractivity contribution < 1.29 is 14.6 Å². The molecule has 5 heteroatoms. The lowest BCUT2D eigenvalue weighted by molar-refractivity contribution is 0.0697. The first kappa shape index (κ1) is 19.2. The van der Waals surface area contributed by atoms with Crippen molar-refractivity contribution >= 4 is 17.9 Å². The zero-order chi connectivity index (χ0) is 19.6. The quantitative estimate of drug-likeness (QED) is 0.319. The summed E-state index contributed by atoms with van der Waals surface area (Å²) in [4.78, 5) is 10.8. The number of carbonyl (C=O) groups is 1. The van der Waals surface area contributed by atoms with E-state index in [0.717, 1.165) is 29.8 Å². The fourth-order valence-corrected chi connectivity index (χ4v) is 2.63. The molecular weight excluding hydrogens is 352 g/mol. The summed E-state index contributed by atoms with van der Waals surface area (Å²) in [6.45, 7) is 0.677. The zero-order valence-electron chi connectivity index (χ0n) is 15.4. The van der Waals surface area contributed by atoms with Gasteiger partial charge in [-0.05, 0) is 72.5 Å². The smallest absolute Gasteiger partial charge is 0.335 e. The maximum atomic E-state index is 10.8. The topological polar surface area (TPSA) is 70.9 Å². The van der Waals surface area contributed by atoms with Crippen LogP contribution in [0.4, 0.5) is 5.69 Å². The van der Waals surface area contributed by atoms with Gasteiger partial charge in [-0.3, -0.25) is 5.43 Å². The van der Waals surface area contributed by atoms with Crippen LogP contribution in [0.2, 0.25) is 0 Å². The monoisotopic (exact) mass is 374 g/mol. The van der Waals surface area contributed by atoms with Gasteiger partial charge in [0.05, 0.1) is 24.1 Å². The Kier molecular flexibility index (Phi) is 6.79. The molecule has 0 aliphatic carbocycles. The van der Waals surface area contributed by atoms with Crippen LogP contribution in [0.5, 0.6) is 5.75 Å². The first-order chi connectivity index (χ1) is 13.7. The van der Waals surface area contributed by atoms with Crippen LogP contribution in [-0.2, 0) is 6.42 Å². The Balaban J connectivity index is 1.42. The van der Waals surface area contributed by atoms with Crippen molar-refractivity contribution in [2.24, 2.45) is 5.10 Å². The van der Waals surface area contributed by atoms with Crippen LogP contribution in [0.3, 0.4) is 0 Å². The van der Waals surface area contributed by atoms with E-state index in [1.807, 2.05) is 30.3 Å². The van der Waals surface area contributed by atoms with Gasteiger partial charge >= 0.3 is 5.97 Å². The number of anilines is 1. The number of benzene rings is 3. The number of carboxylic acid groups (broad SMARTS) is 1. The summed E-state index contributed by atoms with van der Waals surface area (Å²) >= 11 is 0. The van der Waals surface area contributed by atoms with Crippen molar-refractivity contribution in [3.8, 4) is 5.75 Å². The fraction of sp³-hybridized carbons (Fsp3) is 0.130. The number of hydrogen-bond acceptors (Lipinski definition) is 4. The van der Waals surface area contributed by atoms with Gasteiger partial charge in [-0.15, -0.1) is 0 Å². The van der Waals surface area contributed by atoms with E-state index in [0.29, 0.717) is 6.61 Å². The summed E-state index contributed by atoms with van der Waals surface area (Å²) in [5.74, 6) is -0.111. The normalized spacial score (nSPS) is 10.7. The van der Waals surface area contributed by atoms with Crippen molar-refractivity contribution in [1.82, 2.24) is 0 Å². The van der Waals surface area contributed by atoms with Gasteiger partial charge in [-0.1, -0.05) is 30.3 Å². The largest absolute Gasteiger partial charge is 0.494 e. The van der Waals surface area contributed by atoms with E-state index in [-0.39, 0.29) is 5.56 Å². The molecule has 3 aromatic rings. The van der Waals surface area contributed by atoms with E-state index in [1.165, 1.54) is 17.7 Å². The van der Waals surface area contributed by atoms with Crippen molar-refractivity contribution in [3.05, 3.63) is 95.6 Å². The van der Waals surface area contributed by atoms with E-state index in [1.54, 1.807) is 18.3 Å². The zero-order valence-corrected chi connectivity index (χ0v) is 15.4. The minimum atomic E-state index is -0.947. The molecule has 0 heterocycles. The van der Waals surface area contributed by atoms with Crippen LogP contribution in [-0.4, -0.2) is 23.9 Å². The first-order valence-corrected chi connectivity index (χ1v) is 9.10. The van der Waals surface area contributed by atoms with Gasteiger partial charge in [0, 0.05) is 0 Å². The van der Waals surface area contributed by atoms with Crippen LogP contribution >= 0.6 is 0 Å². The molecule has 0 amide bonds. The van der Waals surface area contributed by atoms with Crippen LogP contribution < -0.4 is 10.2 Å². The second kappa shape index (κ2) is 9.92. The number of carboxylic acids is 1. The van der Waals surface area contributed by atoms with Crippen LogP contribution in [0.15, 0.2) is 84.0 Å². The third kappa shape index (κ3) is 5.99. The Bertz CT molecular complexity index is 905. The molecule has 0 unspecified atom stereocenters. The van der Waals surface area contributed by atoms with E-state index in [4.69, 9.17) is 9.84 Å². The van der Waals surface area contributed by atoms with E-state index < -0.39 is 5.97 Å². The summed E-state index contributed by atoms with van der Waals surface area (Å²) in [5.41, 5.74) is 6.10. The molecule has 3 rings (SSSR count). The molecule has 2 N–H and O–H groups in total. The number of nitrogens with one attached hydrogen (secondary N) is 1. The molecule has 5 nitrogen and oxygen atoms in total. The predicted molar refractivity (Wildman–Crippen MR) is 111 cm³/mol. The van der Waals surface area contributed by atoms with Crippen LogP contribution in [0.1, 0.15) is 27.9 Å². The molecule has 3 aromatic carbocycles. The number of nitrogens with zero attached hydrogens (tertiary/aromatic N) is 1. The van der Waals surface area contributed by atoms with Gasteiger partial charge in [-0.25, -0.2) is 4.79 Å². The van der Waals surface area contributed by atoms with Gasteiger partial charge in [0.25, 0.3) is 0 Å². The van der Waals surface area contributed by atoms with Crippen molar-refractivity contribution in [2.75, 3.05) is 12.0 Å². The molecule has 0 spiro atoms. The third-order valence-electron chi connectivity index (χ3n) is 4.14. The third-order valence-corrected chi connectivity index (χ3v) is 4.14. The summed E-state index contributed by atoms with van der Waals surface area (Å²) < 4.78 is 5.78. The molecular formula is C23H22N2O3. The van der Waals surface area contributed by atoms with E-state index >= 15 is 0 Å². The average Bonchev–Trinajstić information content (AvgIpc) is 2.73. The van der Waals surface area contributed by atoms with Crippen LogP contribution in [0, 0.1) is 0 Å². The van der Waals surface area contributed by atoms with Crippen molar-refractivity contribution in [3.63, 3.8) is 0 Å². The Morgan fingerprint density at radius 2 is 1.68 bits per heavy atom. The highest BCUT2D eigenvalue weighted by atomic mass is 16.5. The number of aromatic carboxylic acids is 1. The Morgan fingerprint density at radius 1 is 0.964 bits per heavy atom.